The Labute approximate surface area is 136 Å². The molecule has 0 aliphatic carbocycles. The Morgan fingerprint density at radius 3 is 2.74 bits per heavy atom. The fourth-order valence-corrected chi connectivity index (χ4v) is 3.24. The molecule has 1 N–H and O–H groups in total. The lowest BCUT2D eigenvalue weighted by atomic mass is 9.99. The number of nitrogens with zero attached hydrogens (tertiary/aromatic N) is 1. The smallest absolute Gasteiger partial charge is 0.165 e. The van der Waals surface area contributed by atoms with Gasteiger partial charge < -0.3 is 9.84 Å². The van der Waals surface area contributed by atoms with Gasteiger partial charge in [-0.1, -0.05) is 36.4 Å². The molecule has 23 heavy (non-hydrogen) atoms. The van der Waals surface area contributed by atoms with E-state index in [2.05, 4.69) is 29.2 Å². The number of ether oxygens (including phenoxy) is 1. The summed E-state index contributed by atoms with van der Waals surface area (Å²) in [7, 11) is 1.43. The molecule has 0 amide bonds. The molecular formula is C19H22FNO2. The Kier molecular flexibility index (Phi) is 4.94. The van der Waals surface area contributed by atoms with E-state index < -0.39 is 11.9 Å². The number of halogens is 1. The van der Waals surface area contributed by atoms with Gasteiger partial charge in [-0.3, -0.25) is 4.90 Å². The monoisotopic (exact) mass is 315 g/mol. The molecule has 1 heterocycles. The fourth-order valence-electron chi connectivity index (χ4n) is 3.24. The first-order valence-corrected chi connectivity index (χ1v) is 7.96. The van der Waals surface area contributed by atoms with Crippen LogP contribution in [0.15, 0.2) is 48.5 Å². The van der Waals surface area contributed by atoms with E-state index in [9.17, 15) is 9.50 Å². The minimum absolute atomic E-state index is 0.200. The number of hydrogen-bond acceptors (Lipinski definition) is 3. The zero-order valence-electron chi connectivity index (χ0n) is 13.3. The summed E-state index contributed by atoms with van der Waals surface area (Å²) in [6, 6.07) is 15.1. The maximum absolute atomic E-state index is 13.8. The van der Waals surface area contributed by atoms with Gasteiger partial charge >= 0.3 is 0 Å². The Morgan fingerprint density at radius 2 is 2.04 bits per heavy atom. The largest absolute Gasteiger partial charge is 0.494 e. The first-order chi connectivity index (χ1) is 11.2. The summed E-state index contributed by atoms with van der Waals surface area (Å²) in [5.74, 6) is 0.273. The van der Waals surface area contributed by atoms with E-state index in [4.69, 9.17) is 4.74 Å². The van der Waals surface area contributed by atoms with E-state index in [1.54, 1.807) is 12.1 Å². The van der Waals surface area contributed by atoms with Gasteiger partial charge in [-0.25, -0.2) is 4.39 Å². The van der Waals surface area contributed by atoms with E-state index in [1.165, 1.54) is 18.7 Å². The van der Waals surface area contributed by atoms with Crippen molar-refractivity contribution in [3.05, 3.63) is 65.5 Å². The Hall–Kier alpha value is -1.91. The topological polar surface area (TPSA) is 32.7 Å². The third kappa shape index (κ3) is 3.71. The highest BCUT2D eigenvalue weighted by atomic mass is 19.1. The van der Waals surface area contributed by atoms with Crippen LogP contribution in [0.4, 0.5) is 4.39 Å². The number of hydrogen-bond donors (Lipinski definition) is 1. The molecule has 0 bridgehead atoms. The Morgan fingerprint density at radius 1 is 1.26 bits per heavy atom. The molecule has 0 saturated carbocycles. The SMILES string of the molecule is COc1ccc([C@H](O)CN2CC[C@@H](c3ccccc3)C2)cc1F. The summed E-state index contributed by atoms with van der Waals surface area (Å²) in [6.07, 6.45) is 0.401. The van der Waals surface area contributed by atoms with Crippen molar-refractivity contribution < 1.29 is 14.2 Å². The van der Waals surface area contributed by atoms with Gasteiger partial charge in [-0.05, 0) is 42.1 Å². The van der Waals surface area contributed by atoms with Crippen LogP contribution in [-0.4, -0.2) is 36.8 Å². The van der Waals surface area contributed by atoms with Crippen molar-refractivity contribution in [2.75, 3.05) is 26.7 Å². The summed E-state index contributed by atoms with van der Waals surface area (Å²) < 4.78 is 18.7. The van der Waals surface area contributed by atoms with Crippen LogP contribution < -0.4 is 4.74 Å². The van der Waals surface area contributed by atoms with E-state index in [-0.39, 0.29) is 5.75 Å². The predicted octanol–water partition coefficient (Wildman–Crippen LogP) is 3.36. The molecule has 1 aliphatic rings. The van der Waals surface area contributed by atoms with Gasteiger partial charge in [0.1, 0.15) is 0 Å². The van der Waals surface area contributed by atoms with Gasteiger partial charge in [0, 0.05) is 13.1 Å². The second-order valence-electron chi connectivity index (χ2n) is 6.07. The van der Waals surface area contributed by atoms with Crippen molar-refractivity contribution in [1.82, 2.24) is 4.90 Å². The number of aliphatic hydroxyl groups is 1. The number of likely N-dealkylation sites (tertiary alicyclic amines) is 1. The van der Waals surface area contributed by atoms with Crippen LogP contribution in [0.3, 0.4) is 0 Å². The summed E-state index contributed by atoms with van der Waals surface area (Å²) in [4.78, 5) is 2.24. The first kappa shape index (κ1) is 16.0. The van der Waals surface area contributed by atoms with Crippen LogP contribution in [0.2, 0.25) is 0 Å². The normalized spacial score (nSPS) is 19.7. The van der Waals surface area contributed by atoms with Crippen molar-refractivity contribution in [1.29, 1.82) is 0 Å². The summed E-state index contributed by atoms with van der Waals surface area (Å²) in [5.41, 5.74) is 1.94. The van der Waals surface area contributed by atoms with Crippen LogP contribution in [0.25, 0.3) is 0 Å². The van der Waals surface area contributed by atoms with Crippen molar-refractivity contribution in [2.45, 2.75) is 18.4 Å². The Balaban J connectivity index is 1.60. The van der Waals surface area contributed by atoms with Crippen molar-refractivity contribution in [2.24, 2.45) is 0 Å². The van der Waals surface area contributed by atoms with E-state index in [0.29, 0.717) is 18.0 Å². The van der Waals surface area contributed by atoms with Crippen LogP contribution in [-0.2, 0) is 0 Å². The number of β-amino-alcohol motifs (C(OH)–C–C–N with tert-alkyl or cyclic N) is 1. The quantitative estimate of drug-likeness (QED) is 0.918. The average Bonchev–Trinajstić information content (AvgIpc) is 3.04. The number of rotatable bonds is 5. The molecule has 3 rings (SSSR count). The molecule has 3 nitrogen and oxygen atoms in total. The second-order valence-corrected chi connectivity index (χ2v) is 6.07. The maximum Gasteiger partial charge on any atom is 0.165 e. The lowest BCUT2D eigenvalue weighted by Crippen LogP contribution is -2.26. The van der Waals surface area contributed by atoms with E-state index in [0.717, 1.165) is 19.5 Å². The molecule has 0 spiro atoms. The minimum atomic E-state index is -0.690. The van der Waals surface area contributed by atoms with Crippen molar-refractivity contribution >= 4 is 0 Å². The van der Waals surface area contributed by atoms with E-state index >= 15 is 0 Å². The first-order valence-electron chi connectivity index (χ1n) is 7.96. The molecular weight excluding hydrogens is 293 g/mol. The highest BCUT2D eigenvalue weighted by Crippen LogP contribution is 2.29. The molecule has 2 atom stereocenters. The lowest BCUT2D eigenvalue weighted by molar-refractivity contribution is 0.125. The molecule has 4 heteroatoms. The molecule has 2 aromatic carbocycles. The fraction of sp³-hybridized carbons (Fsp3) is 0.368. The predicted molar refractivity (Wildman–Crippen MR) is 88.2 cm³/mol. The van der Waals surface area contributed by atoms with Gasteiger partial charge in [0.05, 0.1) is 13.2 Å². The minimum Gasteiger partial charge on any atom is -0.494 e. The standard InChI is InChI=1S/C19H22FNO2/c1-23-19-8-7-15(11-17(19)20)18(22)13-21-10-9-16(12-21)14-5-3-2-4-6-14/h2-8,11,16,18,22H,9-10,12-13H2,1H3/t16-,18-/m1/s1. The molecule has 1 fully saturated rings. The molecule has 0 aromatic heterocycles. The number of aliphatic hydroxyl groups excluding tert-OH is 1. The Bertz CT molecular complexity index is 647. The average molecular weight is 315 g/mol. The highest BCUT2D eigenvalue weighted by molar-refractivity contribution is 5.30. The van der Waals surface area contributed by atoms with Gasteiger partial charge in [0.25, 0.3) is 0 Å². The molecule has 0 unspecified atom stereocenters. The maximum atomic E-state index is 13.8. The second kappa shape index (κ2) is 7.11. The van der Waals surface area contributed by atoms with Crippen LogP contribution in [0, 0.1) is 5.82 Å². The summed E-state index contributed by atoms with van der Waals surface area (Å²) in [5, 5.41) is 10.4. The summed E-state index contributed by atoms with van der Waals surface area (Å²) >= 11 is 0. The lowest BCUT2D eigenvalue weighted by Gasteiger charge is -2.21. The number of benzene rings is 2. The van der Waals surface area contributed by atoms with Crippen molar-refractivity contribution in [3.8, 4) is 5.75 Å². The highest BCUT2D eigenvalue weighted by Gasteiger charge is 2.25. The molecule has 1 aliphatic heterocycles. The van der Waals surface area contributed by atoms with Gasteiger partial charge in [0.15, 0.2) is 11.6 Å². The molecule has 0 radical (unpaired) electrons. The van der Waals surface area contributed by atoms with E-state index in [1.807, 2.05) is 6.07 Å². The van der Waals surface area contributed by atoms with Gasteiger partial charge in [-0.2, -0.15) is 0 Å². The zero-order chi connectivity index (χ0) is 16.2. The van der Waals surface area contributed by atoms with Gasteiger partial charge in [0.2, 0.25) is 0 Å². The van der Waals surface area contributed by atoms with Crippen molar-refractivity contribution in [3.63, 3.8) is 0 Å². The molecule has 122 valence electrons. The molecule has 1 saturated heterocycles. The van der Waals surface area contributed by atoms with Crippen LogP contribution in [0.1, 0.15) is 29.6 Å². The van der Waals surface area contributed by atoms with Gasteiger partial charge in [-0.15, -0.1) is 0 Å². The zero-order valence-corrected chi connectivity index (χ0v) is 13.3. The molecule has 2 aromatic rings. The third-order valence-corrected chi connectivity index (χ3v) is 4.54. The third-order valence-electron chi connectivity index (χ3n) is 4.54. The summed E-state index contributed by atoms with van der Waals surface area (Å²) in [6.45, 7) is 2.41. The number of methoxy groups -OCH3 is 1. The van der Waals surface area contributed by atoms with Crippen LogP contribution in [0.5, 0.6) is 5.75 Å². The van der Waals surface area contributed by atoms with Crippen LogP contribution >= 0.6 is 0 Å².